The number of hydrogen-bond acceptors (Lipinski definition) is 3. The summed E-state index contributed by atoms with van der Waals surface area (Å²) in [7, 11) is 0. The smallest absolute Gasteiger partial charge is 0.319 e. The van der Waals surface area contributed by atoms with E-state index in [9.17, 15) is 14.4 Å². The maximum Gasteiger partial charge on any atom is 0.325 e. The van der Waals surface area contributed by atoms with E-state index in [1.807, 2.05) is 48.7 Å². The van der Waals surface area contributed by atoms with Gasteiger partial charge in [0.1, 0.15) is 5.54 Å². The lowest BCUT2D eigenvalue weighted by atomic mass is 9.92. The van der Waals surface area contributed by atoms with Crippen molar-refractivity contribution in [3.63, 3.8) is 0 Å². The molecular weight excluding hydrogens is 414 g/mol. The normalized spacial score (nSPS) is 18.4. The molecule has 0 spiro atoms. The van der Waals surface area contributed by atoms with Gasteiger partial charge in [-0.25, -0.2) is 4.79 Å². The Kier molecular flexibility index (Phi) is 5.19. The molecule has 1 fully saturated rings. The van der Waals surface area contributed by atoms with Gasteiger partial charge in [-0.05, 0) is 45.0 Å². The van der Waals surface area contributed by atoms with Crippen LogP contribution in [0.3, 0.4) is 0 Å². The topological polar surface area (TPSA) is 71.4 Å². The van der Waals surface area contributed by atoms with Crippen LogP contribution >= 0.6 is 11.6 Å². The van der Waals surface area contributed by atoms with Crippen molar-refractivity contribution < 1.29 is 14.4 Å². The van der Waals surface area contributed by atoms with Crippen molar-refractivity contribution in [2.75, 3.05) is 6.54 Å². The van der Waals surface area contributed by atoms with E-state index >= 15 is 0 Å². The first-order chi connectivity index (χ1) is 14.7. The molecule has 1 aliphatic rings. The van der Waals surface area contributed by atoms with Gasteiger partial charge in [-0.3, -0.25) is 14.5 Å². The lowest BCUT2D eigenvalue weighted by Gasteiger charge is -2.23. The second-order valence-electron chi connectivity index (χ2n) is 7.81. The first-order valence-corrected chi connectivity index (χ1v) is 10.3. The van der Waals surface area contributed by atoms with Gasteiger partial charge >= 0.3 is 6.03 Å². The maximum atomic E-state index is 13.2. The summed E-state index contributed by atoms with van der Waals surface area (Å²) in [5, 5.41) is 3.07. The number of aromatic nitrogens is 1. The number of halogens is 1. The number of amides is 3. The van der Waals surface area contributed by atoms with Crippen molar-refractivity contribution >= 4 is 29.3 Å². The van der Waals surface area contributed by atoms with E-state index in [1.54, 1.807) is 37.3 Å². The number of benzene rings is 2. The molecule has 1 atom stereocenters. The van der Waals surface area contributed by atoms with Gasteiger partial charge in [0.2, 0.25) is 0 Å². The van der Waals surface area contributed by atoms with E-state index < -0.39 is 17.5 Å². The fraction of sp³-hybridized carbons (Fsp3) is 0.208. The highest BCUT2D eigenvalue weighted by molar-refractivity contribution is 6.32. The van der Waals surface area contributed by atoms with Gasteiger partial charge in [-0.2, -0.15) is 0 Å². The Labute approximate surface area is 185 Å². The zero-order valence-electron chi connectivity index (χ0n) is 17.5. The predicted molar refractivity (Wildman–Crippen MR) is 119 cm³/mol. The van der Waals surface area contributed by atoms with Crippen molar-refractivity contribution in [3.8, 4) is 5.69 Å². The van der Waals surface area contributed by atoms with Gasteiger partial charge in [0.15, 0.2) is 5.78 Å². The van der Waals surface area contributed by atoms with Crippen LogP contribution in [-0.2, 0) is 10.3 Å². The molecule has 31 heavy (non-hydrogen) atoms. The number of para-hydroxylation sites is 1. The zero-order chi connectivity index (χ0) is 22.3. The summed E-state index contributed by atoms with van der Waals surface area (Å²) in [4.78, 5) is 39.9. The second kappa shape index (κ2) is 7.71. The van der Waals surface area contributed by atoms with Gasteiger partial charge in [0, 0.05) is 33.2 Å². The van der Waals surface area contributed by atoms with Crippen molar-refractivity contribution in [3.05, 3.63) is 88.2 Å². The van der Waals surface area contributed by atoms with Crippen LogP contribution in [0.4, 0.5) is 4.79 Å². The third-order valence-corrected chi connectivity index (χ3v) is 6.06. The van der Waals surface area contributed by atoms with Gasteiger partial charge in [-0.1, -0.05) is 48.0 Å². The number of imide groups is 1. The van der Waals surface area contributed by atoms with Gasteiger partial charge in [0.25, 0.3) is 5.91 Å². The summed E-state index contributed by atoms with van der Waals surface area (Å²) in [5.41, 5.74) is 2.24. The molecule has 0 aliphatic carbocycles. The third-order valence-electron chi connectivity index (χ3n) is 5.74. The van der Waals surface area contributed by atoms with E-state index in [0.717, 1.165) is 22.0 Å². The van der Waals surface area contributed by atoms with Crippen LogP contribution in [-0.4, -0.2) is 33.7 Å². The molecule has 3 aromatic rings. The molecule has 1 aliphatic heterocycles. The molecular formula is C24H22ClN3O3. The minimum absolute atomic E-state index is 0.304. The van der Waals surface area contributed by atoms with Crippen LogP contribution in [0.2, 0.25) is 5.02 Å². The molecule has 1 saturated heterocycles. The second-order valence-corrected chi connectivity index (χ2v) is 8.21. The highest BCUT2D eigenvalue weighted by Crippen LogP contribution is 2.33. The summed E-state index contributed by atoms with van der Waals surface area (Å²) >= 11 is 6.26. The number of nitrogens with one attached hydrogen (secondary N) is 1. The van der Waals surface area contributed by atoms with Crippen molar-refractivity contribution in [2.45, 2.75) is 26.3 Å². The monoisotopic (exact) mass is 435 g/mol. The molecule has 2 heterocycles. The number of hydrogen-bond donors (Lipinski definition) is 1. The van der Waals surface area contributed by atoms with Gasteiger partial charge in [0.05, 0.1) is 6.54 Å². The molecule has 0 bridgehead atoms. The summed E-state index contributed by atoms with van der Waals surface area (Å²) in [6, 6.07) is 17.7. The lowest BCUT2D eigenvalue weighted by molar-refractivity contribution is -0.130. The van der Waals surface area contributed by atoms with Crippen LogP contribution in [0, 0.1) is 13.8 Å². The fourth-order valence-corrected chi connectivity index (χ4v) is 4.46. The minimum Gasteiger partial charge on any atom is -0.319 e. The van der Waals surface area contributed by atoms with Crippen LogP contribution in [0.15, 0.2) is 60.7 Å². The average Bonchev–Trinajstić information content (AvgIpc) is 3.16. The molecule has 0 saturated carbocycles. The standard InChI is InChI=1S/C24H22ClN3O3/c1-15-13-18(16(2)28(15)17-9-5-4-6-10-17)21(29)14-27-22(30)24(3,26-23(27)31)19-11-7-8-12-20(19)25/h4-13H,14H2,1-3H3,(H,26,31)/t24-/m0/s1. The number of carbonyl (C=O) groups excluding carboxylic acids is 3. The summed E-state index contributed by atoms with van der Waals surface area (Å²) in [6.45, 7) is 5.02. The molecule has 158 valence electrons. The van der Waals surface area contributed by atoms with E-state index in [-0.39, 0.29) is 12.3 Å². The molecule has 2 aromatic carbocycles. The lowest BCUT2D eigenvalue weighted by Crippen LogP contribution is -2.41. The highest BCUT2D eigenvalue weighted by Gasteiger charge is 2.50. The Bertz CT molecular complexity index is 1200. The highest BCUT2D eigenvalue weighted by atomic mass is 35.5. The van der Waals surface area contributed by atoms with E-state index in [2.05, 4.69) is 5.32 Å². The van der Waals surface area contributed by atoms with Crippen molar-refractivity contribution in [2.24, 2.45) is 0 Å². The molecule has 7 heteroatoms. The first-order valence-electron chi connectivity index (χ1n) is 9.90. The van der Waals surface area contributed by atoms with Gasteiger partial charge in [-0.15, -0.1) is 0 Å². The zero-order valence-corrected chi connectivity index (χ0v) is 18.2. The number of carbonyl (C=O) groups is 3. The number of nitrogens with zero attached hydrogens (tertiary/aromatic N) is 2. The number of rotatable bonds is 5. The van der Waals surface area contributed by atoms with Crippen molar-refractivity contribution in [1.29, 1.82) is 0 Å². The first kappa shape index (κ1) is 20.9. The SMILES string of the molecule is Cc1cc(C(=O)CN2C(=O)N[C@@](C)(c3ccccc3Cl)C2=O)c(C)n1-c1ccccc1. The quantitative estimate of drug-likeness (QED) is 0.477. The Hall–Kier alpha value is -3.38. The van der Waals surface area contributed by atoms with Crippen LogP contribution in [0.1, 0.15) is 34.2 Å². The molecule has 6 nitrogen and oxygen atoms in total. The van der Waals surface area contributed by atoms with E-state index in [0.29, 0.717) is 16.1 Å². The summed E-state index contributed by atoms with van der Waals surface area (Å²) < 4.78 is 1.98. The Morgan fingerprint density at radius 3 is 2.35 bits per heavy atom. The molecule has 0 unspecified atom stereocenters. The summed E-state index contributed by atoms with van der Waals surface area (Å²) in [5.74, 6) is -0.807. The number of aryl methyl sites for hydroxylation is 1. The summed E-state index contributed by atoms with van der Waals surface area (Å²) in [6.07, 6.45) is 0. The molecule has 0 radical (unpaired) electrons. The largest absolute Gasteiger partial charge is 0.325 e. The molecule has 1 N–H and O–H groups in total. The van der Waals surface area contributed by atoms with Gasteiger partial charge < -0.3 is 9.88 Å². The van der Waals surface area contributed by atoms with Crippen molar-refractivity contribution in [1.82, 2.24) is 14.8 Å². The number of ketones is 1. The predicted octanol–water partition coefficient (Wildman–Crippen LogP) is 4.40. The maximum absolute atomic E-state index is 13.2. The number of Topliss-reactive ketones (excluding diaryl/α,β-unsaturated/α-hetero) is 1. The fourth-order valence-electron chi connectivity index (χ4n) is 4.14. The van der Waals surface area contributed by atoms with Crippen LogP contribution in [0.25, 0.3) is 5.69 Å². The third kappa shape index (κ3) is 3.43. The Balaban J connectivity index is 1.62. The number of urea groups is 1. The molecule has 4 rings (SSSR count). The van der Waals surface area contributed by atoms with E-state index in [1.165, 1.54) is 0 Å². The molecule has 1 aromatic heterocycles. The average molecular weight is 436 g/mol. The van der Waals surface area contributed by atoms with Crippen LogP contribution < -0.4 is 5.32 Å². The Morgan fingerprint density at radius 1 is 1.03 bits per heavy atom. The Morgan fingerprint density at radius 2 is 1.68 bits per heavy atom. The molecule has 3 amide bonds. The minimum atomic E-state index is -1.32. The van der Waals surface area contributed by atoms with Crippen LogP contribution in [0.5, 0.6) is 0 Å². The van der Waals surface area contributed by atoms with E-state index in [4.69, 9.17) is 11.6 Å².